The van der Waals surface area contributed by atoms with Gasteiger partial charge in [-0.15, -0.1) is 0 Å². The molecule has 26 heavy (non-hydrogen) atoms. The fourth-order valence-corrected chi connectivity index (χ4v) is 2.02. The van der Waals surface area contributed by atoms with Crippen molar-refractivity contribution in [2.45, 2.75) is 53.1 Å². The van der Waals surface area contributed by atoms with Crippen LogP contribution in [0.3, 0.4) is 0 Å². The predicted molar refractivity (Wildman–Crippen MR) is 89.1 cm³/mol. The minimum Gasteiger partial charge on any atom is -0.468 e. The highest BCUT2D eigenvalue weighted by molar-refractivity contribution is 6.17. The van der Waals surface area contributed by atoms with Crippen LogP contribution in [0.4, 0.5) is 4.79 Å². The average molecular weight is 376 g/mol. The molecule has 0 aromatic heterocycles. The molecule has 0 amide bonds. The molecule has 0 bridgehead atoms. The van der Waals surface area contributed by atoms with Crippen molar-refractivity contribution >= 4 is 24.1 Å². The molecule has 0 heterocycles. The molecule has 0 fully saturated rings. The van der Waals surface area contributed by atoms with E-state index < -0.39 is 29.5 Å². The maximum absolute atomic E-state index is 12.5. The molecule has 150 valence electrons. The van der Waals surface area contributed by atoms with Crippen LogP contribution in [0.1, 0.15) is 47.0 Å². The fourth-order valence-electron chi connectivity index (χ4n) is 2.02. The number of esters is 3. The number of hydrogen-bond acceptors (Lipinski definition) is 9. The predicted octanol–water partition coefficient (Wildman–Crippen LogP) is 2.00. The summed E-state index contributed by atoms with van der Waals surface area (Å²) in [5.74, 6) is -3.19. The first-order valence-electron chi connectivity index (χ1n) is 8.52. The van der Waals surface area contributed by atoms with E-state index in [4.69, 9.17) is 18.9 Å². The zero-order valence-corrected chi connectivity index (χ0v) is 16.0. The zero-order chi connectivity index (χ0) is 20.2. The molecule has 0 aliphatic heterocycles. The van der Waals surface area contributed by atoms with Gasteiger partial charge in [-0.1, -0.05) is 6.92 Å². The molecule has 1 atom stereocenters. The highest BCUT2D eigenvalue weighted by Crippen LogP contribution is 2.30. The maximum Gasteiger partial charge on any atom is 0.508 e. The van der Waals surface area contributed by atoms with Gasteiger partial charge in [-0.25, -0.2) is 4.79 Å². The Morgan fingerprint density at radius 1 is 0.885 bits per heavy atom. The molecule has 0 spiro atoms. The van der Waals surface area contributed by atoms with Crippen molar-refractivity contribution in [3.8, 4) is 0 Å². The minimum atomic E-state index is -2.26. The van der Waals surface area contributed by atoms with Gasteiger partial charge in [0.05, 0.1) is 33.0 Å². The molecular weight excluding hydrogens is 348 g/mol. The van der Waals surface area contributed by atoms with Crippen LogP contribution < -0.4 is 0 Å². The van der Waals surface area contributed by atoms with Gasteiger partial charge >= 0.3 is 24.1 Å². The Balaban J connectivity index is 5.22. The van der Waals surface area contributed by atoms with E-state index >= 15 is 0 Å². The van der Waals surface area contributed by atoms with Gasteiger partial charge in [-0.2, -0.15) is 0 Å². The highest BCUT2D eigenvalue weighted by atomic mass is 16.7. The Morgan fingerprint density at radius 3 is 2.00 bits per heavy atom. The molecule has 9 heteroatoms. The number of carbonyl (C=O) groups excluding carboxylic acids is 4. The molecule has 0 saturated heterocycles. The summed E-state index contributed by atoms with van der Waals surface area (Å²) in [6.07, 6.45) is -0.998. The molecule has 0 radical (unpaired) electrons. The summed E-state index contributed by atoms with van der Waals surface area (Å²) in [7, 11) is 1.06. The van der Waals surface area contributed by atoms with Crippen LogP contribution in [-0.4, -0.2) is 57.1 Å². The van der Waals surface area contributed by atoms with Gasteiger partial charge in [0.2, 0.25) is 0 Å². The monoisotopic (exact) mass is 376 g/mol. The lowest BCUT2D eigenvalue weighted by Gasteiger charge is -2.26. The van der Waals surface area contributed by atoms with Gasteiger partial charge in [0.1, 0.15) is 0 Å². The van der Waals surface area contributed by atoms with Gasteiger partial charge in [-0.05, 0) is 40.0 Å². The second kappa shape index (κ2) is 12.1. The van der Waals surface area contributed by atoms with E-state index in [1.165, 1.54) is 0 Å². The molecule has 0 aliphatic rings. The van der Waals surface area contributed by atoms with Crippen molar-refractivity contribution in [2.24, 2.45) is 5.41 Å². The standard InChI is InChI=1S/C17H28O9/c1-6-10-24-15(20)17(13(18)22-5,14(19)23-7-2)9-8-11-25-16(21)26-12(3)4/h12H,6-11H2,1-5H3. The molecule has 0 aromatic rings. The quantitative estimate of drug-likeness (QED) is 0.231. The largest absolute Gasteiger partial charge is 0.508 e. The fraction of sp³-hybridized carbons (Fsp3) is 0.765. The SMILES string of the molecule is CCCOC(=O)C(CCCOC(=O)OC(C)C)(C(=O)OC)C(=O)OCC. The van der Waals surface area contributed by atoms with Crippen LogP contribution in [0.25, 0.3) is 0 Å². The van der Waals surface area contributed by atoms with E-state index in [1.807, 2.05) is 0 Å². The van der Waals surface area contributed by atoms with Crippen molar-refractivity contribution in [1.29, 1.82) is 0 Å². The van der Waals surface area contributed by atoms with Crippen molar-refractivity contribution < 1.29 is 42.9 Å². The number of rotatable bonds is 11. The van der Waals surface area contributed by atoms with E-state index in [9.17, 15) is 19.2 Å². The van der Waals surface area contributed by atoms with E-state index in [0.717, 1.165) is 7.11 Å². The molecule has 0 aliphatic carbocycles. The number of hydrogen-bond donors (Lipinski definition) is 0. The zero-order valence-electron chi connectivity index (χ0n) is 16.0. The second-order valence-electron chi connectivity index (χ2n) is 5.62. The van der Waals surface area contributed by atoms with Crippen LogP contribution in [0, 0.1) is 5.41 Å². The first-order valence-corrected chi connectivity index (χ1v) is 8.52. The molecule has 0 aromatic carbocycles. The third-order valence-corrected chi connectivity index (χ3v) is 3.19. The first kappa shape index (κ1) is 23.7. The minimum absolute atomic E-state index is 0.0162. The summed E-state index contributed by atoms with van der Waals surface area (Å²) in [6.45, 7) is 6.48. The van der Waals surface area contributed by atoms with Gasteiger partial charge in [0.15, 0.2) is 0 Å². The topological polar surface area (TPSA) is 114 Å². The second-order valence-corrected chi connectivity index (χ2v) is 5.62. The summed E-state index contributed by atoms with van der Waals surface area (Å²) in [4.78, 5) is 48.5. The smallest absolute Gasteiger partial charge is 0.468 e. The third-order valence-electron chi connectivity index (χ3n) is 3.19. The van der Waals surface area contributed by atoms with E-state index in [2.05, 4.69) is 4.74 Å². The van der Waals surface area contributed by atoms with Crippen molar-refractivity contribution in [3.05, 3.63) is 0 Å². The summed E-state index contributed by atoms with van der Waals surface area (Å²) in [5, 5.41) is 0. The third kappa shape index (κ3) is 6.89. The molecule has 1 unspecified atom stereocenters. The molecular formula is C17H28O9. The summed E-state index contributed by atoms with van der Waals surface area (Å²) in [6, 6.07) is 0. The van der Waals surface area contributed by atoms with E-state index in [1.54, 1.807) is 27.7 Å². The van der Waals surface area contributed by atoms with Crippen molar-refractivity contribution in [3.63, 3.8) is 0 Å². The van der Waals surface area contributed by atoms with Gasteiger partial charge < -0.3 is 23.7 Å². The maximum atomic E-state index is 12.5. The Hall–Kier alpha value is -2.32. The van der Waals surface area contributed by atoms with Gasteiger partial charge in [0, 0.05) is 0 Å². The van der Waals surface area contributed by atoms with Crippen LogP contribution >= 0.6 is 0 Å². The van der Waals surface area contributed by atoms with E-state index in [-0.39, 0.29) is 38.8 Å². The lowest BCUT2D eigenvalue weighted by Crippen LogP contribution is -2.49. The van der Waals surface area contributed by atoms with E-state index in [0.29, 0.717) is 6.42 Å². The number of methoxy groups -OCH3 is 1. The summed E-state index contributed by atoms with van der Waals surface area (Å²) >= 11 is 0. The Labute approximate surface area is 153 Å². The number of ether oxygens (including phenoxy) is 5. The van der Waals surface area contributed by atoms with Crippen LogP contribution in [-0.2, 0) is 38.1 Å². The van der Waals surface area contributed by atoms with Crippen LogP contribution in [0.15, 0.2) is 0 Å². The highest BCUT2D eigenvalue weighted by Gasteiger charge is 2.56. The molecule has 0 saturated carbocycles. The Bertz CT molecular complexity index is 487. The van der Waals surface area contributed by atoms with Crippen LogP contribution in [0.5, 0.6) is 0 Å². The van der Waals surface area contributed by atoms with Crippen molar-refractivity contribution in [1.82, 2.24) is 0 Å². The van der Waals surface area contributed by atoms with Gasteiger partial charge in [-0.3, -0.25) is 14.4 Å². The normalized spacial score (nSPS) is 12.7. The lowest BCUT2D eigenvalue weighted by atomic mass is 9.83. The van der Waals surface area contributed by atoms with Crippen LogP contribution in [0.2, 0.25) is 0 Å². The molecule has 0 rings (SSSR count). The first-order chi connectivity index (χ1) is 12.3. The Kier molecular flexibility index (Phi) is 11.0. The lowest BCUT2D eigenvalue weighted by molar-refractivity contribution is -0.183. The average Bonchev–Trinajstić information content (AvgIpc) is 2.58. The van der Waals surface area contributed by atoms with Gasteiger partial charge in [0.25, 0.3) is 5.41 Å². The Morgan fingerprint density at radius 2 is 1.50 bits per heavy atom. The summed E-state index contributed by atoms with van der Waals surface area (Å²) in [5.41, 5.74) is -2.26. The molecule has 0 N–H and O–H groups in total. The molecule has 9 nitrogen and oxygen atoms in total. The number of carbonyl (C=O) groups is 4. The summed E-state index contributed by atoms with van der Waals surface area (Å²) < 4.78 is 24.2. The van der Waals surface area contributed by atoms with Crippen molar-refractivity contribution in [2.75, 3.05) is 26.9 Å².